The predicted octanol–water partition coefficient (Wildman–Crippen LogP) is 3.96. The van der Waals surface area contributed by atoms with Gasteiger partial charge in [0.25, 0.3) is 11.6 Å². The van der Waals surface area contributed by atoms with Crippen LogP contribution in [0.5, 0.6) is 0 Å². The Morgan fingerprint density at radius 1 is 1.32 bits per heavy atom. The Bertz CT molecular complexity index is 828. The molecule has 0 radical (unpaired) electrons. The van der Waals surface area contributed by atoms with Gasteiger partial charge in [-0.15, -0.1) is 11.3 Å². The van der Waals surface area contributed by atoms with E-state index in [2.05, 4.69) is 5.32 Å². The number of hydrogen-bond donors (Lipinski definition) is 1. The summed E-state index contributed by atoms with van der Waals surface area (Å²) in [4.78, 5) is 35.9. The van der Waals surface area contributed by atoms with Crippen LogP contribution in [-0.2, 0) is 11.2 Å². The van der Waals surface area contributed by atoms with E-state index in [1.807, 2.05) is 6.92 Å². The first kappa shape index (κ1) is 18.6. The van der Waals surface area contributed by atoms with Crippen molar-refractivity contribution in [1.82, 2.24) is 0 Å². The van der Waals surface area contributed by atoms with Gasteiger partial charge in [-0.1, -0.05) is 19.4 Å². The summed E-state index contributed by atoms with van der Waals surface area (Å²) in [6, 6.07) is 6.01. The van der Waals surface area contributed by atoms with Crippen molar-refractivity contribution in [3.63, 3.8) is 0 Å². The minimum Gasteiger partial charge on any atom is -0.465 e. The molecule has 0 saturated carbocycles. The number of hydrogen-bond acceptors (Lipinski definition) is 6. The number of nitro benzene ring substituents is 1. The van der Waals surface area contributed by atoms with Crippen molar-refractivity contribution in [3.05, 3.63) is 55.9 Å². The van der Waals surface area contributed by atoms with Gasteiger partial charge in [0.15, 0.2) is 0 Å². The smallest absolute Gasteiger partial charge is 0.340 e. The number of carbonyl (C=O) groups is 2. The Hall–Kier alpha value is -2.74. The van der Waals surface area contributed by atoms with Gasteiger partial charge in [0, 0.05) is 22.1 Å². The van der Waals surface area contributed by atoms with Crippen LogP contribution in [0.25, 0.3) is 0 Å². The maximum atomic E-state index is 12.6. The van der Waals surface area contributed by atoms with Gasteiger partial charge in [-0.3, -0.25) is 14.9 Å². The molecule has 2 aromatic rings. The Morgan fingerprint density at radius 3 is 2.64 bits per heavy atom. The lowest BCUT2D eigenvalue weighted by Gasteiger charge is -2.08. The predicted molar refractivity (Wildman–Crippen MR) is 95.4 cm³/mol. The Labute approximate surface area is 148 Å². The fraction of sp³-hybridized carbons (Fsp3) is 0.294. The van der Waals surface area contributed by atoms with Gasteiger partial charge in [0.1, 0.15) is 5.00 Å². The summed E-state index contributed by atoms with van der Waals surface area (Å²) in [6.07, 6.45) is 1.68. The highest BCUT2D eigenvalue weighted by atomic mass is 32.1. The zero-order valence-electron chi connectivity index (χ0n) is 14.1. The molecule has 1 N–H and O–H groups in total. The number of methoxy groups -OCH3 is 1. The van der Waals surface area contributed by atoms with Gasteiger partial charge in [-0.05, 0) is 25.5 Å². The van der Waals surface area contributed by atoms with Crippen molar-refractivity contribution in [3.8, 4) is 0 Å². The number of nitrogens with one attached hydrogen (secondary N) is 1. The van der Waals surface area contributed by atoms with Crippen molar-refractivity contribution in [1.29, 1.82) is 0 Å². The molecule has 2 rings (SSSR count). The Morgan fingerprint density at radius 2 is 2.04 bits per heavy atom. The number of thiophene rings is 1. The number of ether oxygens (including phenoxy) is 1. The molecular weight excluding hydrogens is 344 g/mol. The largest absolute Gasteiger partial charge is 0.465 e. The van der Waals surface area contributed by atoms with Crippen LogP contribution in [-0.4, -0.2) is 23.9 Å². The molecule has 0 fully saturated rings. The normalized spacial score (nSPS) is 10.4. The van der Waals surface area contributed by atoms with Gasteiger partial charge < -0.3 is 10.1 Å². The molecule has 8 heteroatoms. The van der Waals surface area contributed by atoms with E-state index in [9.17, 15) is 19.7 Å². The SMILES string of the molecule is CCCc1cc(C(=O)OC)c(NC(=O)c2cccc([N+](=O)[O-])c2C)s1. The van der Waals surface area contributed by atoms with Crippen LogP contribution in [0.2, 0.25) is 0 Å². The lowest BCUT2D eigenvalue weighted by atomic mass is 10.1. The van der Waals surface area contributed by atoms with Crippen molar-refractivity contribution in [2.45, 2.75) is 26.7 Å². The quantitative estimate of drug-likeness (QED) is 0.476. The molecular formula is C17H18N2O5S. The van der Waals surface area contributed by atoms with Gasteiger partial charge in [-0.25, -0.2) is 4.79 Å². The van der Waals surface area contributed by atoms with Crippen molar-refractivity contribution < 1.29 is 19.2 Å². The van der Waals surface area contributed by atoms with Crippen LogP contribution < -0.4 is 5.32 Å². The Balaban J connectivity index is 2.36. The second kappa shape index (κ2) is 7.89. The first-order chi connectivity index (χ1) is 11.9. The maximum Gasteiger partial charge on any atom is 0.340 e. The lowest BCUT2D eigenvalue weighted by molar-refractivity contribution is -0.385. The third kappa shape index (κ3) is 4.03. The van der Waals surface area contributed by atoms with E-state index in [0.717, 1.165) is 17.7 Å². The fourth-order valence-corrected chi connectivity index (χ4v) is 3.54. The number of carbonyl (C=O) groups excluding carboxylic acids is 2. The monoisotopic (exact) mass is 362 g/mol. The standard InChI is InChI=1S/C17H18N2O5S/c1-4-6-11-9-13(17(21)24-3)16(25-11)18-15(20)12-7-5-8-14(10(12)2)19(22)23/h5,7-9H,4,6H2,1-3H3,(H,18,20). The van der Waals surface area contributed by atoms with Crippen LogP contribution in [0.4, 0.5) is 10.7 Å². The highest BCUT2D eigenvalue weighted by Gasteiger charge is 2.22. The van der Waals surface area contributed by atoms with Crippen molar-refractivity contribution in [2.75, 3.05) is 12.4 Å². The zero-order valence-corrected chi connectivity index (χ0v) is 14.9. The number of benzene rings is 1. The average Bonchev–Trinajstić information content (AvgIpc) is 2.96. The highest BCUT2D eigenvalue weighted by Crippen LogP contribution is 2.31. The number of aryl methyl sites for hydroxylation is 1. The minimum atomic E-state index is -0.537. The molecule has 25 heavy (non-hydrogen) atoms. The van der Waals surface area contributed by atoms with E-state index in [1.54, 1.807) is 6.07 Å². The summed E-state index contributed by atoms with van der Waals surface area (Å²) in [5.41, 5.74) is 0.622. The third-order valence-corrected chi connectivity index (χ3v) is 4.77. The molecule has 0 atom stereocenters. The van der Waals surface area contributed by atoms with E-state index < -0.39 is 16.8 Å². The summed E-state index contributed by atoms with van der Waals surface area (Å²) in [5, 5.41) is 14.1. The third-order valence-electron chi connectivity index (χ3n) is 3.66. The second-order valence-corrected chi connectivity index (χ2v) is 6.49. The Kier molecular flexibility index (Phi) is 5.87. The molecule has 1 amide bonds. The molecule has 0 aliphatic heterocycles. The number of amides is 1. The van der Waals surface area contributed by atoms with Gasteiger partial charge >= 0.3 is 5.97 Å². The number of nitro groups is 1. The van der Waals surface area contributed by atoms with E-state index >= 15 is 0 Å². The van der Waals surface area contributed by atoms with E-state index in [1.165, 1.54) is 43.6 Å². The van der Waals surface area contributed by atoms with Crippen LogP contribution in [0.3, 0.4) is 0 Å². The van der Waals surface area contributed by atoms with E-state index in [4.69, 9.17) is 4.74 Å². The van der Waals surface area contributed by atoms with Crippen LogP contribution in [0.15, 0.2) is 24.3 Å². The van der Waals surface area contributed by atoms with Gasteiger partial charge in [-0.2, -0.15) is 0 Å². The number of rotatable bonds is 6. The second-order valence-electron chi connectivity index (χ2n) is 5.36. The molecule has 132 valence electrons. The molecule has 0 aliphatic carbocycles. The van der Waals surface area contributed by atoms with Gasteiger partial charge in [0.2, 0.25) is 0 Å². The van der Waals surface area contributed by atoms with Crippen LogP contribution in [0, 0.1) is 17.0 Å². The van der Waals surface area contributed by atoms with E-state index in [-0.39, 0.29) is 22.4 Å². The number of nitrogens with zero attached hydrogens (tertiary/aromatic N) is 1. The average molecular weight is 362 g/mol. The highest BCUT2D eigenvalue weighted by molar-refractivity contribution is 7.16. The molecule has 0 saturated heterocycles. The van der Waals surface area contributed by atoms with Crippen LogP contribution in [0.1, 0.15) is 44.5 Å². The van der Waals surface area contributed by atoms with E-state index in [0.29, 0.717) is 5.00 Å². The van der Waals surface area contributed by atoms with Crippen LogP contribution >= 0.6 is 11.3 Å². The molecule has 1 heterocycles. The summed E-state index contributed by atoms with van der Waals surface area (Å²) in [7, 11) is 1.27. The van der Waals surface area contributed by atoms with Crippen molar-refractivity contribution >= 4 is 33.9 Å². The van der Waals surface area contributed by atoms with Crippen molar-refractivity contribution in [2.24, 2.45) is 0 Å². The van der Waals surface area contributed by atoms with Gasteiger partial charge in [0.05, 0.1) is 17.6 Å². The molecule has 7 nitrogen and oxygen atoms in total. The lowest BCUT2D eigenvalue weighted by Crippen LogP contribution is -2.15. The number of esters is 1. The minimum absolute atomic E-state index is 0.126. The summed E-state index contributed by atoms with van der Waals surface area (Å²) >= 11 is 1.30. The first-order valence-electron chi connectivity index (χ1n) is 7.65. The molecule has 1 aromatic heterocycles. The number of anilines is 1. The fourth-order valence-electron chi connectivity index (χ4n) is 2.40. The summed E-state index contributed by atoms with van der Waals surface area (Å²) < 4.78 is 4.76. The molecule has 0 bridgehead atoms. The molecule has 1 aromatic carbocycles. The molecule has 0 aliphatic rings. The zero-order chi connectivity index (χ0) is 18.6. The molecule has 0 spiro atoms. The topological polar surface area (TPSA) is 98.5 Å². The first-order valence-corrected chi connectivity index (χ1v) is 8.47. The summed E-state index contributed by atoms with van der Waals surface area (Å²) in [5.74, 6) is -1.04. The maximum absolute atomic E-state index is 12.6. The molecule has 0 unspecified atom stereocenters. The summed E-state index contributed by atoms with van der Waals surface area (Å²) in [6.45, 7) is 3.54.